The van der Waals surface area contributed by atoms with Crippen LogP contribution in [-0.2, 0) is 9.53 Å². The first-order valence-electron chi connectivity index (χ1n) is 9.58. The van der Waals surface area contributed by atoms with Crippen LogP contribution in [0.5, 0.6) is 0 Å². The van der Waals surface area contributed by atoms with E-state index in [1.54, 1.807) is 0 Å². The molecule has 2 amide bonds. The molecule has 2 aromatic carbocycles. The van der Waals surface area contributed by atoms with E-state index < -0.39 is 24.5 Å². The quantitative estimate of drug-likeness (QED) is 0.563. The zero-order valence-corrected chi connectivity index (χ0v) is 16.7. The first kappa shape index (κ1) is 20.1. The number of ether oxygens (including phenoxy) is 1. The molecule has 0 atom stereocenters. The number of benzene rings is 2. The number of carbonyl (C=O) groups is 3. The van der Waals surface area contributed by atoms with Crippen LogP contribution in [0.25, 0.3) is 11.1 Å². The third kappa shape index (κ3) is 4.11. The normalized spacial score (nSPS) is 12.0. The standard InChI is InChI=1S/C22H20N4O5/c1-26(11-20(27)28)21(29)18-10-19(25-24-18)23-22(30)31-12-17-15-8-4-2-6-13(15)14-7-3-5-9-16(14)17/h2-10,17H,11-12H2,1H3,(H,27,28)(H2,23,24,25,30). The molecule has 0 fully saturated rings. The number of hydrogen-bond acceptors (Lipinski definition) is 5. The van der Waals surface area contributed by atoms with Crippen molar-refractivity contribution in [3.05, 3.63) is 71.4 Å². The number of amides is 2. The third-order valence-corrected chi connectivity index (χ3v) is 5.10. The molecule has 0 aliphatic heterocycles. The van der Waals surface area contributed by atoms with Crippen molar-refractivity contribution in [3.8, 4) is 11.1 Å². The van der Waals surface area contributed by atoms with Crippen LogP contribution in [0, 0.1) is 0 Å². The molecule has 0 bridgehead atoms. The molecule has 0 radical (unpaired) electrons. The van der Waals surface area contributed by atoms with Gasteiger partial charge in [0.15, 0.2) is 5.82 Å². The summed E-state index contributed by atoms with van der Waals surface area (Å²) in [7, 11) is 1.36. The number of carboxylic acid groups (broad SMARTS) is 1. The lowest BCUT2D eigenvalue weighted by atomic mass is 9.98. The molecule has 0 spiro atoms. The average Bonchev–Trinajstić information content (AvgIpc) is 3.34. The van der Waals surface area contributed by atoms with Crippen molar-refractivity contribution >= 4 is 23.8 Å². The number of aromatic nitrogens is 2. The van der Waals surface area contributed by atoms with Gasteiger partial charge in [-0.05, 0) is 22.3 Å². The van der Waals surface area contributed by atoms with Crippen molar-refractivity contribution in [1.29, 1.82) is 0 Å². The SMILES string of the molecule is CN(CC(=O)O)C(=O)c1cc(NC(=O)OCC2c3ccccc3-c3ccccc32)n[nH]1. The van der Waals surface area contributed by atoms with Crippen molar-refractivity contribution in [3.63, 3.8) is 0 Å². The summed E-state index contributed by atoms with van der Waals surface area (Å²) in [6.07, 6.45) is -0.703. The van der Waals surface area contributed by atoms with Crippen LogP contribution >= 0.6 is 0 Å². The minimum atomic E-state index is -1.13. The van der Waals surface area contributed by atoms with E-state index >= 15 is 0 Å². The zero-order valence-electron chi connectivity index (χ0n) is 16.7. The minimum absolute atomic E-state index is 0.0534. The topological polar surface area (TPSA) is 125 Å². The molecule has 0 saturated heterocycles. The summed E-state index contributed by atoms with van der Waals surface area (Å²) in [6, 6.07) is 17.4. The largest absolute Gasteiger partial charge is 0.480 e. The highest BCUT2D eigenvalue weighted by molar-refractivity contribution is 5.95. The molecule has 1 aliphatic rings. The molecule has 0 unspecified atom stereocenters. The Morgan fingerprint density at radius 3 is 2.32 bits per heavy atom. The number of likely N-dealkylation sites (N-methyl/N-ethyl adjacent to an activating group) is 1. The van der Waals surface area contributed by atoms with Crippen molar-refractivity contribution in [2.75, 3.05) is 25.5 Å². The lowest BCUT2D eigenvalue weighted by Crippen LogP contribution is -2.32. The fourth-order valence-electron chi connectivity index (χ4n) is 3.71. The monoisotopic (exact) mass is 420 g/mol. The second-order valence-corrected chi connectivity index (χ2v) is 7.17. The maximum atomic E-state index is 12.3. The van der Waals surface area contributed by atoms with E-state index in [1.165, 1.54) is 13.1 Å². The zero-order chi connectivity index (χ0) is 22.0. The van der Waals surface area contributed by atoms with Gasteiger partial charge in [0.05, 0.1) is 0 Å². The number of aliphatic carboxylic acids is 1. The third-order valence-electron chi connectivity index (χ3n) is 5.10. The number of H-pyrrole nitrogens is 1. The number of fused-ring (bicyclic) bond motifs is 3. The molecular weight excluding hydrogens is 400 g/mol. The van der Waals surface area contributed by atoms with Gasteiger partial charge in [0.1, 0.15) is 18.8 Å². The molecule has 31 heavy (non-hydrogen) atoms. The summed E-state index contributed by atoms with van der Waals surface area (Å²) in [4.78, 5) is 36.2. The highest BCUT2D eigenvalue weighted by Gasteiger charge is 2.29. The van der Waals surface area contributed by atoms with Gasteiger partial charge >= 0.3 is 12.1 Å². The van der Waals surface area contributed by atoms with Crippen LogP contribution < -0.4 is 5.32 Å². The lowest BCUT2D eigenvalue weighted by Gasteiger charge is -2.14. The van der Waals surface area contributed by atoms with E-state index in [0.717, 1.165) is 27.2 Å². The highest BCUT2D eigenvalue weighted by atomic mass is 16.5. The summed E-state index contributed by atoms with van der Waals surface area (Å²) in [5, 5.41) is 17.6. The molecule has 9 nitrogen and oxygen atoms in total. The van der Waals surface area contributed by atoms with Crippen molar-refractivity contribution < 1.29 is 24.2 Å². The first-order valence-corrected chi connectivity index (χ1v) is 9.58. The van der Waals surface area contributed by atoms with E-state index in [2.05, 4.69) is 27.6 Å². The number of carbonyl (C=O) groups excluding carboxylic acids is 2. The number of nitrogens with zero attached hydrogens (tertiary/aromatic N) is 2. The van der Waals surface area contributed by atoms with Gasteiger partial charge in [-0.15, -0.1) is 0 Å². The van der Waals surface area contributed by atoms with Gasteiger partial charge < -0.3 is 14.7 Å². The fourth-order valence-corrected chi connectivity index (χ4v) is 3.71. The van der Waals surface area contributed by atoms with Crippen LogP contribution in [0.3, 0.4) is 0 Å². The van der Waals surface area contributed by atoms with Gasteiger partial charge in [-0.3, -0.25) is 20.0 Å². The Balaban J connectivity index is 1.39. The molecule has 1 aromatic heterocycles. The molecule has 3 aromatic rings. The number of nitrogens with one attached hydrogen (secondary N) is 2. The Kier molecular flexibility index (Phi) is 5.40. The predicted octanol–water partition coefficient (Wildman–Crippen LogP) is 2.93. The molecular formula is C22H20N4O5. The first-order chi connectivity index (χ1) is 14.9. The fraction of sp³-hybridized carbons (Fsp3) is 0.182. The number of hydrogen-bond donors (Lipinski definition) is 3. The van der Waals surface area contributed by atoms with Crippen LogP contribution in [0.1, 0.15) is 27.5 Å². The van der Waals surface area contributed by atoms with E-state index in [-0.39, 0.29) is 24.0 Å². The molecule has 1 heterocycles. The Morgan fingerprint density at radius 1 is 1.10 bits per heavy atom. The van der Waals surface area contributed by atoms with Gasteiger partial charge in [0.25, 0.3) is 5.91 Å². The minimum Gasteiger partial charge on any atom is -0.480 e. The Bertz CT molecular complexity index is 1110. The van der Waals surface area contributed by atoms with Crippen molar-refractivity contribution in [1.82, 2.24) is 15.1 Å². The number of anilines is 1. The summed E-state index contributed by atoms with van der Waals surface area (Å²) in [6.45, 7) is -0.301. The molecule has 0 saturated carbocycles. The highest BCUT2D eigenvalue weighted by Crippen LogP contribution is 2.44. The predicted molar refractivity (Wildman–Crippen MR) is 112 cm³/mol. The summed E-state index contributed by atoms with van der Waals surface area (Å²) < 4.78 is 5.44. The number of aromatic amines is 1. The summed E-state index contributed by atoms with van der Waals surface area (Å²) >= 11 is 0. The van der Waals surface area contributed by atoms with E-state index in [1.807, 2.05) is 36.4 Å². The van der Waals surface area contributed by atoms with Gasteiger partial charge in [-0.1, -0.05) is 48.5 Å². The van der Waals surface area contributed by atoms with Crippen LogP contribution in [0.2, 0.25) is 0 Å². The number of carboxylic acids is 1. The molecule has 3 N–H and O–H groups in total. The van der Waals surface area contributed by atoms with Gasteiger partial charge in [0, 0.05) is 19.0 Å². The maximum Gasteiger partial charge on any atom is 0.412 e. The van der Waals surface area contributed by atoms with Gasteiger partial charge in [0.2, 0.25) is 0 Å². The van der Waals surface area contributed by atoms with Crippen LogP contribution in [-0.4, -0.2) is 58.4 Å². The van der Waals surface area contributed by atoms with Crippen LogP contribution in [0.4, 0.5) is 10.6 Å². The maximum absolute atomic E-state index is 12.3. The molecule has 4 rings (SSSR count). The second-order valence-electron chi connectivity index (χ2n) is 7.17. The van der Waals surface area contributed by atoms with E-state index in [0.29, 0.717) is 0 Å². The smallest absolute Gasteiger partial charge is 0.412 e. The Labute approximate surface area is 177 Å². The van der Waals surface area contributed by atoms with E-state index in [9.17, 15) is 14.4 Å². The van der Waals surface area contributed by atoms with Crippen molar-refractivity contribution in [2.24, 2.45) is 0 Å². The average molecular weight is 420 g/mol. The van der Waals surface area contributed by atoms with Crippen LogP contribution in [0.15, 0.2) is 54.6 Å². The molecule has 158 valence electrons. The lowest BCUT2D eigenvalue weighted by molar-refractivity contribution is -0.137. The summed E-state index contributed by atoms with van der Waals surface area (Å²) in [5.41, 5.74) is 4.52. The van der Waals surface area contributed by atoms with Crippen molar-refractivity contribution in [2.45, 2.75) is 5.92 Å². The Morgan fingerprint density at radius 2 is 1.71 bits per heavy atom. The van der Waals surface area contributed by atoms with E-state index in [4.69, 9.17) is 9.84 Å². The number of rotatable bonds is 6. The summed E-state index contributed by atoms with van der Waals surface area (Å²) in [5.74, 6) is -1.66. The van der Waals surface area contributed by atoms with Gasteiger partial charge in [-0.2, -0.15) is 5.10 Å². The Hall–Kier alpha value is -4.14. The second kappa shape index (κ2) is 8.31. The molecule has 9 heteroatoms. The molecule has 1 aliphatic carbocycles. The van der Waals surface area contributed by atoms with Gasteiger partial charge in [-0.25, -0.2) is 4.79 Å².